The second-order valence-corrected chi connectivity index (χ2v) is 3.29. The molecule has 0 radical (unpaired) electrons. The van der Waals surface area contributed by atoms with Crippen LogP contribution in [0.3, 0.4) is 0 Å². The van der Waals surface area contributed by atoms with Crippen LogP contribution in [0.25, 0.3) is 0 Å². The molecule has 1 aromatic rings. The standard InChI is InChI=1S/C10H15N3/c1-3-13-8-7-12(2)10(13)9-5-4-6-11-9/h4-8,10-11H,3H2,1-2H3. The lowest BCUT2D eigenvalue weighted by molar-refractivity contribution is 0.181. The van der Waals surface area contributed by atoms with Crippen molar-refractivity contribution in [3.8, 4) is 0 Å². The van der Waals surface area contributed by atoms with Crippen LogP contribution in [0.4, 0.5) is 0 Å². The number of hydrogen-bond acceptors (Lipinski definition) is 2. The molecule has 0 aliphatic carbocycles. The van der Waals surface area contributed by atoms with Crippen LogP contribution in [0.1, 0.15) is 18.8 Å². The number of aromatic amines is 1. The minimum atomic E-state index is 0.347. The Morgan fingerprint density at radius 3 is 2.92 bits per heavy atom. The summed E-state index contributed by atoms with van der Waals surface area (Å²) in [4.78, 5) is 7.75. The maximum absolute atomic E-state index is 3.25. The molecule has 2 heterocycles. The molecular formula is C10H15N3. The highest BCUT2D eigenvalue weighted by atomic mass is 15.4. The molecule has 1 aliphatic heterocycles. The van der Waals surface area contributed by atoms with Crippen LogP contribution in [0.15, 0.2) is 30.7 Å². The lowest BCUT2D eigenvalue weighted by Crippen LogP contribution is -2.28. The predicted molar refractivity (Wildman–Crippen MR) is 52.8 cm³/mol. The van der Waals surface area contributed by atoms with Gasteiger partial charge in [-0.1, -0.05) is 0 Å². The summed E-state index contributed by atoms with van der Waals surface area (Å²) in [5.41, 5.74) is 1.24. The first kappa shape index (κ1) is 8.23. The summed E-state index contributed by atoms with van der Waals surface area (Å²) < 4.78 is 0. The third-order valence-corrected chi connectivity index (χ3v) is 2.46. The van der Waals surface area contributed by atoms with Gasteiger partial charge in [-0.2, -0.15) is 0 Å². The summed E-state index contributed by atoms with van der Waals surface area (Å²) in [5.74, 6) is 0. The van der Waals surface area contributed by atoms with Crippen molar-refractivity contribution < 1.29 is 0 Å². The molecule has 0 saturated carbocycles. The number of rotatable bonds is 2. The molecule has 0 saturated heterocycles. The van der Waals surface area contributed by atoms with Crippen LogP contribution >= 0.6 is 0 Å². The largest absolute Gasteiger partial charge is 0.362 e. The first-order valence-electron chi connectivity index (χ1n) is 4.62. The summed E-state index contributed by atoms with van der Waals surface area (Å²) in [5, 5.41) is 0. The Bertz CT molecular complexity index is 289. The Balaban J connectivity index is 2.23. The van der Waals surface area contributed by atoms with E-state index in [1.54, 1.807) is 0 Å². The van der Waals surface area contributed by atoms with E-state index in [0.717, 1.165) is 6.54 Å². The van der Waals surface area contributed by atoms with Gasteiger partial charge < -0.3 is 14.8 Å². The Hall–Kier alpha value is -1.38. The van der Waals surface area contributed by atoms with Crippen molar-refractivity contribution >= 4 is 0 Å². The van der Waals surface area contributed by atoms with Crippen molar-refractivity contribution in [3.63, 3.8) is 0 Å². The molecule has 0 amide bonds. The van der Waals surface area contributed by atoms with Gasteiger partial charge in [0.2, 0.25) is 0 Å². The molecule has 2 rings (SSSR count). The summed E-state index contributed by atoms with van der Waals surface area (Å²) in [7, 11) is 2.09. The normalized spacial score (nSPS) is 21.5. The quantitative estimate of drug-likeness (QED) is 0.743. The van der Waals surface area contributed by atoms with Crippen LogP contribution in [0.2, 0.25) is 0 Å². The maximum atomic E-state index is 3.25. The molecule has 1 N–H and O–H groups in total. The van der Waals surface area contributed by atoms with Gasteiger partial charge in [0.15, 0.2) is 0 Å². The molecule has 3 heteroatoms. The Morgan fingerprint density at radius 1 is 1.46 bits per heavy atom. The van der Waals surface area contributed by atoms with Gasteiger partial charge in [0.1, 0.15) is 6.17 Å². The van der Waals surface area contributed by atoms with Crippen molar-refractivity contribution in [2.75, 3.05) is 13.6 Å². The molecule has 0 fully saturated rings. The molecule has 13 heavy (non-hydrogen) atoms. The summed E-state index contributed by atoms with van der Waals surface area (Å²) in [6.45, 7) is 3.20. The highest BCUT2D eigenvalue weighted by Gasteiger charge is 2.24. The fourth-order valence-electron chi connectivity index (χ4n) is 1.77. The van der Waals surface area contributed by atoms with E-state index in [4.69, 9.17) is 0 Å². The molecule has 70 valence electrons. The number of aromatic nitrogens is 1. The second kappa shape index (κ2) is 3.17. The van der Waals surface area contributed by atoms with E-state index in [9.17, 15) is 0 Å². The highest BCUT2D eigenvalue weighted by Crippen LogP contribution is 2.27. The van der Waals surface area contributed by atoms with E-state index in [-0.39, 0.29) is 0 Å². The molecule has 1 aliphatic rings. The van der Waals surface area contributed by atoms with Gasteiger partial charge in [-0.05, 0) is 19.1 Å². The predicted octanol–water partition coefficient (Wildman–Crippen LogP) is 1.75. The Labute approximate surface area is 78.7 Å². The lowest BCUT2D eigenvalue weighted by atomic mass is 10.3. The first-order chi connectivity index (χ1) is 6.33. The zero-order valence-electron chi connectivity index (χ0n) is 8.07. The van der Waals surface area contributed by atoms with Crippen LogP contribution in [0, 0.1) is 0 Å². The average Bonchev–Trinajstić information content (AvgIpc) is 2.72. The van der Waals surface area contributed by atoms with Gasteiger partial charge in [-0.3, -0.25) is 0 Å². The van der Waals surface area contributed by atoms with Gasteiger partial charge in [0.25, 0.3) is 0 Å². The SMILES string of the molecule is CCN1C=CN(C)C1c1ccc[nH]1. The van der Waals surface area contributed by atoms with Gasteiger partial charge in [0, 0.05) is 32.2 Å². The van der Waals surface area contributed by atoms with Crippen molar-refractivity contribution in [1.29, 1.82) is 0 Å². The van der Waals surface area contributed by atoms with E-state index >= 15 is 0 Å². The van der Waals surface area contributed by atoms with Gasteiger partial charge in [-0.25, -0.2) is 0 Å². The van der Waals surface area contributed by atoms with Crippen molar-refractivity contribution in [2.45, 2.75) is 13.1 Å². The zero-order valence-corrected chi connectivity index (χ0v) is 8.07. The molecule has 0 bridgehead atoms. The van der Waals surface area contributed by atoms with Crippen LogP contribution < -0.4 is 0 Å². The van der Waals surface area contributed by atoms with Crippen molar-refractivity contribution in [2.24, 2.45) is 0 Å². The monoisotopic (exact) mass is 177 g/mol. The van der Waals surface area contributed by atoms with E-state index in [1.807, 2.05) is 12.3 Å². The Kier molecular flexibility index (Phi) is 2.00. The number of hydrogen-bond donors (Lipinski definition) is 1. The molecule has 1 atom stereocenters. The lowest BCUT2D eigenvalue weighted by Gasteiger charge is -2.28. The smallest absolute Gasteiger partial charge is 0.142 e. The molecule has 0 aromatic carbocycles. The first-order valence-corrected chi connectivity index (χ1v) is 4.62. The van der Waals surface area contributed by atoms with E-state index in [1.165, 1.54) is 5.69 Å². The van der Waals surface area contributed by atoms with E-state index < -0.39 is 0 Å². The van der Waals surface area contributed by atoms with Crippen LogP contribution in [-0.2, 0) is 0 Å². The average molecular weight is 177 g/mol. The fraction of sp³-hybridized carbons (Fsp3) is 0.400. The van der Waals surface area contributed by atoms with Crippen molar-refractivity contribution in [1.82, 2.24) is 14.8 Å². The van der Waals surface area contributed by atoms with E-state index in [0.29, 0.717) is 6.17 Å². The Morgan fingerprint density at radius 2 is 2.31 bits per heavy atom. The van der Waals surface area contributed by atoms with Crippen LogP contribution in [-0.4, -0.2) is 28.4 Å². The third-order valence-electron chi connectivity index (χ3n) is 2.46. The number of nitrogens with one attached hydrogen (secondary N) is 1. The summed E-state index contributed by atoms with van der Waals surface area (Å²) in [6.07, 6.45) is 6.55. The third kappa shape index (κ3) is 1.30. The van der Waals surface area contributed by atoms with Crippen molar-refractivity contribution in [3.05, 3.63) is 36.4 Å². The molecular weight excluding hydrogens is 162 g/mol. The van der Waals surface area contributed by atoms with Crippen LogP contribution in [0.5, 0.6) is 0 Å². The van der Waals surface area contributed by atoms with Gasteiger partial charge >= 0.3 is 0 Å². The number of nitrogens with zero attached hydrogens (tertiary/aromatic N) is 2. The maximum Gasteiger partial charge on any atom is 0.142 e. The highest BCUT2D eigenvalue weighted by molar-refractivity contribution is 5.13. The van der Waals surface area contributed by atoms with Gasteiger partial charge in [-0.15, -0.1) is 0 Å². The molecule has 1 unspecified atom stereocenters. The number of H-pyrrole nitrogens is 1. The zero-order chi connectivity index (χ0) is 9.26. The minimum absolute atomic E-state index is 0.347. The summed E-state index contributed by atoms with van der Waals surface area (Å²) in [6, 6.07) is 4.16. The van der Waals surface area contributed by atoms with Gasteiger partial charge in [0.05, 0.1) is 5.69 Å². The summed E-state index contributed by atoms with van der Waals surface area (Å²) >= 11 is 0. The fourth-order valence-corrected chi connectivity index (χ4v) is 1.77. The molecule has 0 spiro atoms. The molecule has 3 nitrogen and oxygen atoms in total. The molecule has 1 aromatic heterocycles. The topological polar surface area (TPSA) is 22.3 Å². The van der Waals surface area contributed by atoms with E-state index in [2.05, 4.69) is 47.2 Å². The minimum Gasteiger partial charge on any atom is -0.362 e. The second-order valence-electron chi connectivity index (χ2n) is 3.29.